The van der Waals surface area contributed by atoms with Gasteiger partial charge in [-0.1, -0.05) is 24.3 Å². The van der Waals surface area contributed by atoms with Gasteiger partial charge < -0.3 is 18.9 Å². The summed E-state index contributed by atoms with van der Waals surface area (Å²) in [6.07, 6.45) is 0. The molecule has 0 aliphatic rings. The van der Waals surface area contributed by atoms with Gasteiger partial charge in [0.1, 0.15) is 11.2 Å². The van der Waals surface area contributed by atoms with Crippen LogP contribution in [0.4, 0.5) is 0 Å². The number of carbonyl (C=O) groups excluding carboxylic acids is 2. The van der Waals surface area contributed by atoms with E-state index < -0.39 is 23.1 Å². The lowest BCUT2D eigenvalue weighted by molar-refractivity contribution is -0.146. The zero-order valence-corrected chi connectivity index (χ0v) is 17.6. The summed E-state index contributed by atoms with van der Waals surface area (Å²) < 4.78 is 21.2. The van der Waals surface area contributed by atoms with Crippen LogP contribution in [0.15, 0.2) is 48.9 Å². The summed E-state index contributed by atoms with van der Waals surface area (Å²) in [7, 11) is 0. The summed E-state index contributed by atoms with van der Waals surface area (Å²) in [5.74, 6) is -1.27. The fraction of sp³-hybridized carbons (Fsp3) is 0.455. The Morgan fingerprint density at radius 2 is 1.04 bits per heavy atom. The van der Waals surface area contributed by atoms with Crippen LogP contribution in [0.5, 0.6) is 0 Å². The number of rotatable bonds is 10. The SMILES string of the molecule is C=C(OC(C)(C)c1ccc(C(C)(C)OC(=C)C(=O)OCC)cc1)C(=O)OCC. The van der Waals surface area contributed by atoms with Gasteiger partial charge in [0.25, 0.3) is 0 Å². The Hall–Kier alpha value is -2.76. The molecule has 1 rings (SSSR count). The van der Waals surface area contributed by atoms with E-state index in [9.17, 15) is 9.59 Å². The summed E-state index contributed by atoms with van der Waals surface area (Å²) >= 11 is 0. The van der Waals surface area contributed by atoms with E-state index in [1.165, 1.54) is 0 Å². The predicted molar refractivity (Wildman–Crippen MR) is 106 cm³/mol. The van der Waals surface area contributed by atoms with E-state index in [2.05, 4.69) is 13.2 Å². The minimum Gasteiger partial charge on any atom is -0.476 e. The van der Waals surface area contributed by atoms with Crippen molar-refractivity contribution in [2.24, 2.45) is 0 Å². The number of carbonyl (C=O) groups is 2. The van der Waals surface area contributed by atoms with E-state index in [-0.39, 0.29) is 24.7 Å². The third-order valence-corrected chi connectivity index (χ3v) is 4.04. The fourth-order valence-corrected chi connectivity index (χ4v) is 2.51. The molecule has 0 N–H and O–H groups in total. The highest BCUT2D eigenvalue weighted by Gasteiger charge is 2.29. The number of ether oxygens (including phenoxy) is 4. The number of esters is 2. The van der Waals surface area contributed by atoms with E-state index in [4.69, 9.17) is 18.9 Å². The lowest BCUT2D eigenvalue weighted by Crippen LogP contribution is -2.26. The zero-order chi connectivity index (χ0) is 21.5. The maximum atomic E-state index is 11.7. The molecule has 154 valence electrons. The fourth-order valence-electron chi connectivity index (χ4n) is 2.51. The molecular weight excluding hydrogens is 360 g/mol. The molecule has 0 aromatic heterocycles. The van der Waals surface area contributed by atoms with Gasteiger partial charge in [-0.25, -0.2) is 9.59 Å². The van der Waals surface area contributed by atoms with Crippen LogP contribution < -0.4 is 0 Å². The smallest absolute Gasteiger partial charge is 0.372 e. The summed E-state index contributed by atoms with van der Waals surface area (Å²) in [6, 6.07) is 7.47. The lowest BCUT2D eigenvalue weighted by atomic mass is 9.92. The molecule has 0 saturated carbocycles. The average molecular weight is 390 g/mol. The van der Waals surface area contributed by atoms with E-state index in [0.717, 1.165) is 11.1 Å². The van der Waals surface area contributed by atoms with Crippen molar-refractivity contribution < 1.29 is 28.5 Å². The summed E-state index contributed by atoms with van der Waals surface area (Å²) in [5, 5.41) is 0. The van der Waals surface area contributed by atoms with Crippen molar-refractivity contribution in [3.05, 3.63) is 60.1 Å². The molecular formula is C22H30O6. The molecule has 0 aliphatic heterocycles. The molecule has 0 amide bonds. The first-order chi connectivity index (χ1) is 12.9. The zero-order valence-electron chi connectivity index (χ0n) is 17.6. The third kappa shape index (κ3) is 6.15. The van der Waals surface area contributed by atoms with E-state index in [1.54, 1.807) is 13.8 Å². The molecule has 6 heteroatoms. The Labute approximate surface area is 167 Å². The van der Waals surface area contributed by atoms with E-state index >= 15 is 0 Å². The van der Waals surface area contributed by atoms with Gasteiger partial charge in [0.05, 0.1) is 13.2 Å². The third-order valence-electron chi connectivity index (χ3n) is 4.04. The van der Waals surface area contributed by atoms with Crippen molar-refractivity contribution in [2.45, 2.75) is 52.7 Å². The normalized spacial score (nSPS) is 11.4. The molecule has 0 unspecified atom stereocenters. The van der Waals surface area contributed by atoms with Crippen LogP contribution in [0.25, 0.3) is 0 Å². The van der Waals surface area contributed by atoms with Gasteiger partial charge in [-0.3, -0.25) is 0 Å². The maximum Gasteiger partial charge on any atom is 0.372 e. The van der Waals surface area contributed by atoms with Gasteiger partial charge in [0.15, 0.2) is 11.5 Å². The van der Waals surface area contributed by atoms with Gasteiger partial charge in [0.2, 0.25) is 0 Å². The van der Waals surface area contributed by atoms with Crippen LogP contribution in [0.1, 0.15) is 52.7 Å². The highest BCUT2D eigenvalue weighted by atomic mass is 16.6. The minimum absolute atomic E-state index is 0.0506. The molecule has 0 spiro atoms. The first-order valence-corrected chi connectivity index (χ1v) is 9.15. The van der Waals surface area contributed by atoms with Crippen LogP contribution >= 0.6 is 0 Å². The lowest BCUT2D eigenvalue weighted by Gasteiger charge is -2.30. The Bertz CT molecular complexity index is 665. The summed E-state index contributed by atoms with van der Waals surface area (Å²) in [6.45, 7) is 18.5. The molecule has 0 radical (unpaired) electrons. The predicted octanol–water partition coefficient (Wildman–Crippen LogP) is 4.34. The Morgan fingerprint density at radius 3 is 1.29 bits per heavy atom. The maximum absolute atomic E-state index is 11.7. The second kappa shape index (κ2) is 9.44. The molecule has 1 aromatic carbocycles. The van der Waals surface area contributed by atoms with Gasteiger partial charge in [0, 0.05) is 0 Å². The minimum atomic E-state index is -0.790. The first-order valence-electron chi connectivity index (χ1n) is 9.15. The second-order valence-electron chi connectivity index (χ2n) is 7.09. The summed E-state index contributed by atoms with van der Waals surface area (Å²) in [4.78, 5) is 23.5. The molecule has 28 heavy (non-hydrogen) atoms. The van der Waals surface area contributed by atoms with Crippen molar-refractivity contribution in [3.63, 3.8) is 0 Å². The molecule has 6 nitrogen and oxygen atoms in total. The number of benzene rings is 1. The van der Waals surface area contributed by atoms with Crippen molar-refractivity contribution in [1.82, 2.24) is 0 Å². The molecule has 0 fully saturated rings. The Morgan fingerprint density at radius 1 is 0.750 bits per heavy atom. The summed E-state index contributed by atoms with van der Waals surface area (Å²) in [5.41, 5.74) is 0.0903. The molecule has 0 aliphatic carbocycles. The van der Waals surface area contributed by atoms with Crippen molar-refractivity contribution in [1.29, 1.82) is 0 Å². The van der Waals surface area contributed by atoms with Gasteiger partial charge in [-0.05, 0) is 65.8 Å². The number of hydrogen-bond acceptors (Lipinski definition) is 6. The van der Waals surface area contributed by atoms with Crippen molar-refractivity contribution in [3.8, 4) is 0 Å². The molecule has 0 saturated heterocycles. The van der Waals surface area contributed by atoms with Crippen LogP contribution in [0, 0.1) is 0 Å². The molecule has 0 atom stereocenters. The van der Waals surface area contributed by atoms with Gasteiger partial charge in [-0.15, -0.1) is 0 Å². The first kappa shape index (κ1) is 23.3. The standard InChI is InChI=1S/C22H30O6/c1-9-25-19(23)15(3)27-21(5,6)17-11-13-18(14-12-17)22(7,8)28-16(4)20(24)26-10-2/h11-14H,3-4,9-10H2,1-2,5-8H3. The Kier molecular flexibility index (Phi) is 7.85. The average Bonchev–Trinajstić information content (AvgIpc) is 2.61. The van der Waals surface area contributed by atoms with Crippen molar-refractivity contribution in [2.75, 3.05) is 13.2 Å². The highest BCUT2D eigenvalue weighted by Crippen LogP contribution is 2.32. The van der Waals surface area contributed by atoms with Crippen molar-refractivity contribution >= 4 is 11.9 Å². The van der Waals surface area contributed by atoms with E-state index in [0.29, 0.717) is 0 Å². The van der Waals surface area contributed by atoms with Crippen LogP contribution in [0.3, 0.4) is 0 Å². The van der Waals surface area contributed by atoms with Crippen LogP contribution in [-0.2, 0) is 39.7 Å². The largest absolute Gasteiger partial charge is 0.476 e. The van der Waals surface area contributed by atoms with E-state index in [1.807, 2.05) is 52.0 Å². The molecule has 0 bridgehead atoms. The van der Waals surface area contributed by atoms with Gasteiger partial charge in [-0.2, -0.15) is 0 Å². The molecule has 0 heterocycles. The topological polar surface area (TPSA) is 71.1 Å². The number of hydrogen-bond donors (Lipinski definition) is 0. The highest BCUT2D eigenvalue weighted by molar-refractivity contribution is 5.86. The monoisotopic (exact) mass is 390 g/mol. The molecule has 1 aromatic rings. The Balaban J connectivity index is 2.91. The van der Waals surface area contributed by atoms with Crippen LogP contribution in [0.2, 0.25) is 0 Å². The quantitative estimate of drug-likeness (QED) is 0.336. The van der Waals surface area contributed by atoms with Gasteiger partial charge >= 0.3 is 11.9 Å². The van der Waals surface area contributed by atoms with Crippen LogP contribution in [-0.4, -0.2) is 25.2 Å². The second-order valence-corrected chi connectivity index (χ2v) is 7.09.